The highest BCUT2D eigenvalue weighted by molar-refractivity contribution is 5.70. The van der Waals surface area contributed by atoms with Gasteiger partial charge in [0.25, 0.3) is 0 Å². The van der Waals surface area contributed by atoms with Crippen LogP contribution in [0.3, 0.4) is 0 Å². The molecule has 1 heterocycles. The Balaban J connectivity index is 2.27. The van der Waals surface area contributed by atoms with Crippen molar-refractivity contribution in [3.8, 4) is 5.75 Å². The molecule has 6 heteroatoms. The first-order valence-corrected chi connectivity index (χ1v) is 6.36. The summed E-state index contributed by atoms with van der Waals surface area (Å²) < 4.78 is 42.1. The second-order valence-electron chi connectivity index (χ2n) is 4.62. The van der Waals surface area contributed by atoms with E-state index in [0.717, 1.165) is 44.8 Å². The Morgan fingerprint density at radius 2 is 1.74 bits per heavy atom. The summed E-state index contributed by atoms with van der Waals surface area (Å²) >= 11 is 0. The van der Waals surface area contributed by atoms with Crippen molar-refractivity contribution in [2.45, 2.75) is 32.3 Å². The number of rotatable bonds is 3. The van der Waals surface area contributed by atoms with Crippen molar-refractivity contribution in [1.82, 2.24) is 0 Å². The van der Waals surface area contributed by atoms with E-state index in [1.54, 1.807) is 0 Å². The monoisotopic (exact) mass is 274 g/mol. The van der Waals surface area contributed by atoms with E-state index in [-0.39, 0.29) is 5.69 Å². The predicted molar refractivity (Wildman–Crippen MR) is 68.1 cm³/mol. The number of hydrogen-bond donors (Lipinski definition) is 1. The third kappa shape index (κ3) is 3.45. The van der Waals surface area contributed by atoms with Crippen LogP contribution in [0.2, 0.25) is 0 Å². The molecule has 1 saturated heterocycles. The highest BCUT2D eigenvalue weighted by Crippen LogP contribution is 2.33. The lowest BCUT2D eigenvalue weighted by Gasteiger charge is -2.25. The van der Waals surface area contributed by atoms with E-state index < -0.39 is 18.2 Å². The molecular weight excluding hydrogens is 257 g/mol. The highest BCUT2D eigenvalue weighted by Gasteiger charge is 2.18. The molecular formula is C13H17F3N2O. The molecule has 0 aliphatic carbocycles. The lowest BCUT2D eigenvalue weighted by Crippen LogP contribution is -2.25. The summed E-state index contributed by atoms with van der Waals surface area (Å²) in [6, 6.07) is 2.31. The SMILES string of the molecule is Nc1cc(F)c(OC(F)F)cc1N1CCCCCC1. The van der Waals surface area contributed by atoms with Gasteiger partial charge >= 0.3 is 6.61 Å². The third-order valence-corrected chi connectivity index (χ3v) is 3.24. The zero-order valence-corrected chi connectivity index (χ0v) is 10.5. The third-order valence-electron chi connectivity index (χ3n) is 3.24. The minimum absolute atomic E-state index is 0.251. The second kappa shape index (κ2) is 6.04. The van der Waals surface area contributed by atoms with E-state index in [1.807, 2.05) is 4.90 Å². The smallest absolute Gasteiger partial charge is 0.387 e. The number of nitrogen functional groups attached to an aromatic ring is 1. The second-order valence-corrected chi connectivity index (χ2v) is 4.62. The normalized spacial score (nSPS) is 16.5. The molecule has 19 heavy (non-hydrogen) atoms. The molecule has 106 valence electrons. The average Bonchev–Trinajstić information content (AvgIpc) is 2.61. The van der Waals surface area contributed by atoms with E-state index in [4.69, 9.17) is 5.73 Å². The summed E-state index contributed by atoms with van der Waals surface area (Å²) in [6.45, 7) is -1.46. The highest BCUT2D eigenvalue weighted by atomic mass is 19.3. The van der Waals surface area contributed by atoms with Crippen molar-refractivity contribution in [3.63, 3.8) is 0 Å². The van der Waals surface area contributed by atoms with Crippen LogP contribution in [0.5, 0.6) is 5.75 Å². The molecule has 0 saturated carbocycles. The van der Waals surface area contributed by atoms with Crippen molar-refractivity contribution in [2.75, 3.05) is 23.7 Å². The van der Waals surface area contributed by atoms with E-state index >= 15 is 0 Å². The Morgan fingerprint density at radius 1 is 1.11 bits per heavy atom. The molecule has 1 fully saturated rings. The average molecular weight is 274 g/mol. The molecule has 0 aromatic heterocycles. The lowest BCUT2D eigenvalue weighted by molar-refractivity contribution is -0.0521. The number of hydrogen-bond acceptors (Lipinski definition) is 3. The minimum atomic E-state index is -3.05. The maximum Gasteiger partial charge on any atom is 0.387 e. The van der Waals surface area contributed by atoms with Gasteiger partial charge in [-0.3, -0.25) is 0 Å². The first kappa shape index (κ1) is 13.8. The zero-order valence-electron chi connectivity index (χ0n) is 10.5. The Bertz CT molecular complexity index is 432. The molecule has 3 nitrogen and oxygen atoms in total. The Morgan fingerprint density at radius 3 is 2.32 bits per heavy atom. The standard InChI is InChI=1S/C13H17F3N2O/c14-9-7-10(17)11(8-12(9)19-13(15)16)18-5-3-1-2-4-6-18/h7-8,13H,1-6,17H2. The van der Waals surface area contributed by atoms with Gasteiger partial charge in [0.05, 0.1) is 11.4 Å². The quantitative estimate of drug-likeness (QED) is 0.859. The number of nitrogens with zero attached hydrogens (tertiary/aromatic N) is 1. The van der Waals surface area contributed by atoms with Crippen molar-refractivity contribution in [3.05, 3.63) is 17.9 Å². The molecule has 0 amide bonds. The van der Waals surface area contributed by atoms with Gasteiger partial charge < -0.3 is 15.4 Å². The predicted octanol–water partition coefficient (Wildman–Crippen LogP) is 3.39. The molecule has 0 atom stereocenters. The van der Waals surface area contributed by atoms with Gasteiger partial charge in [0.1, 0.15) is 0 Å². The summed E-state index contributed by atoms with van der Waals surface area (Å²) in [5.41, 5.74) is 6.60. The molecule has 2 N–H and O–H groups in total. The first-order chi connectivity index (χ1) is 9.08. The maximum atomic E-state index is 13.5. The van der Waals surface area contributed by atoms with Gasteiger partial charge in [-0.1, -0.05) is 12.8 Å². The van der Waals surface area contributed by atoms with Crippen LogP contribution in [0.4, 0.5) is 24.5 Å². The summed E-state index contributed by atoms with van der Waals surface area (Å²) in [6.07, 6.45) is 4.31. The van der Waals surface area contributed by atoms with Crippen LogP contribution in [0, 0.1) is 5.82 Å². The number of benzene rings is 1. The summed E-state index contributed by atoms with van der Waals surface area (Å²) in [7, 11) is 0. The molecule has 0 unspecified atom stereocenters. The van der Waals surface area contributed by atoms with Crippen LogP contribution in [-0.2, 0) is 0 Å². The first-order valence-electron chi connectivity index (χ1n) is 6.36. The van der Waals surface area contributed by atoms with Gasteiger partial charge in [0.15, 0.2) is 11.6 Å². The molecule has 0 spiro atoms. The number of ether oxygens (including phenoxy) is 1. The lowest BCUT2D eigenvalue weighted by atomic mass is 10.2. The van der Waals surface area contributed by atoms with Crippen LogP contribution >= 0.6 is 0 Å². The van der Waals surface area contributed by atoms with Gasteiger partial charge in [0.2, 0.25) is 0 Å². The van der Waals surface area contributed by atoms with Crippen molar-refractivity contribution < 1.29 is 17.9 Å². The molecule has 1 aliphatic heterocycles. The Hall–Kier alpha value is -1.59. The number of halogens is 3. The molecule has 2 rings (SSSR count). The fourth-order valence-electron chi connectivity index (χ4n) is 2.33. The van der Waals surface area contributed by atoms with Gasteiger partial charge in [0, 0.05) is 25.2 Å². The van der Waals surface area contributed by atoms with Gasteiger partial charge in [-0.25, -0.2) is 4.39 Å². The van der Waals surface area contributed by atoms with E-state index in [1.165, 1.54) is 6.07 Å². The van der Waals surface area contributed by atoms with Gasteiger partial charge in [-0.05, 0) is 12.8 Å². The van der Waals surface area contributed by atoms with Crippen LogP contribution < -0.4 is 15.4 Å². The summed E-state index contributed by atoms with van der Waals surface area (Å²) in [5, 5.41) is 0. The number of alkyl halides is 2. The van der Waals surface area contributed by atoms with Crippen molar-refractivity contribution in [2.24, 2.45) is 0 Å². The maximum absolute atomic E-state index is 13.5. The molecule has 0 bridgehead atoms. The minimum Gasteiger partial charge on any atom is -0.432 e. The molecule has 1 aromatic carbocycles. The Labute approximate surface area is 110 Å². The Kier molecular flexibility index (Phi) is 4.39. The van der Waals surface area contributed by atoms with Crippen LogP contribution in [-0.4, -0.2) is 19.7 Å². The zero-order chi connectivity index (χ0) is 13.8. The number of anilines is 2. The molecule has 0 radical (unpaired) electrons. The van der Waals surface area contributed by atoms with E-state index in [2.05, 4.69) is 4.74 Å². The summed E-state index contributed by atoms with van der Waals surface area (Å²) in [4.78, 5) is 2.00. The van der Waals surface area contributed by atoms with Crippen LogP contribution in [0.25, 0.3) is 0 Å². The van der Waals surface area contributed by atoms with Crippen LogP contribution in [0.15, 0.2) is 12.1 Å². The topological polar surface area (TPSA) is 38.5 Å². The van der Waals surface area contributed by atoms with E-state index in [9.17, 15) is 13.2 Å². The molecule has 1 aromatic rings. The van der Waals surface area contributed by atoms with Gasteiger partial charge in [-0.15, -0.1) is 0 Å². The largest absolute Gasteiger partial charge is 0.432 e. The fourth-order valence-corrected chi connectivity index (χ4v) is 2.33. The number of nitrogens with two attached hydrogens (primary N) is 1. The fraction of sp³-hybridized carbons (Fsp3) is 0.538. The van der Waals surface area contributed by atoms with Crippen LogP contribution in [0.1, 0.15) is 25.7 Å². The van der Waals surface area contributed by atoms with Crippen molar-refractivity contribution in [1.29, 1.82) is 0 Å². The molecule has 1 aliphatic rings. The summed E-state index contributed by atoms with van der Waals surface area (Å²) in [5.74, 6) is -1.32. The van der Waals surface area contributed by atoms with E-state index in [0.29, 0.717) is 5.69 Å². The van der Waals surface area contributed by atoms with Gasteiger partial charge in [-0.2, -0.15) is 8.78 Å². The van der Waals surface area contributed by atoms with Crippen molar-refractivity contribution >= 4 is 11.4 Å².